The zero-order valence-electron chi connectivity index (χ0n) is 15.5. The smallest absolute Gasteiger partial charge is 0.287 e. The van der Waals surface area contributed by atoms with Gasteiger partial charge in [0.05, 0.1) is 0 Å². The molecule has 2 rings (SSSR count). The predicted molar refractivity (Wildman–Crippen MR) is 94.2 cm³/mol. The molecule has 0 aliphatic carbocycles. The Labute approximate surface area is 141 Å². The molecule has 0 aliphatic heterocycles. The molecule has 0 aromatic carbocycles. The summed E-state index contributed by atoms with van der Waals surface area (Å²) in [5.74, 6) is 0.315. The summed E-state index contributed by atoms with van der Waals surface area (Å²) in [6.07, 6.45) is 1.55. The van der Waals surface area contributed by atoms with E-state index >= 15 is 0 Å². The van der Waals surface area contributed by atoms with E-state index in [1.54, 1.807) is 4.57 Å². The molecule has 2 aromatic heterocycles. The minimum Gasteiger partial charge on any atom is -0.287 e. The van der Waals surface area contributed by atoms with Crippen LogP contribution in [0.4, 0.5) is 0 Å². The van der Waals surface area contributed by atoms with Gasteiger partial charge in [0.15, 0.2) is 11.2 Å². The molecule has 0 spiro atoms. The van der Waals surface area contributed by atoms with Gasteiger partial charge in [0.25, 0.3) is 5.56 Å². The molecule has 2 unspecified atom stereocenters. The molecule has 134 valence electrons. The van der Waals surface area contributed by atoms with Crippen molar-refractivity contribution in [3.63, 3.8) is 0 Å². The van der Waals surface area contributed by atoms with E-state index in [1.807, 2.05) is 32.8 Å². The van der Waals surface area contributed by atoms with Crippen molar-refractivity contribution in [2.24, 2.45) is 5.92 Å². The Bertz CT molecular complexity index is 816. The highest BCUT2D eigenvalue weighted by molar-refractivity contribution is 5.67. The second-order valence-corrected chi connectivity index (χ2v) is 6.65. The summed E-state index contributed by atoms with van der Waals surface area (Å²) in [4.78, 5) is 28.9. The Morgan fingerprint density at radius 1 is 1.08 bits per heavy atom. The molecule has 2 atom stereocenters. The van der Waals surface area contributed by atoms with Gasteiger partial charge in [0, 0.05) is 13.1 Å². The maximum Gasteiger partial charge on any atom is 0.332 e. The van der Waals surface area contributed by atoms with Crippen molar-refractivity contribution in [3.05, 3.63) is 20.8 Å². The molecule has 0 radical (unpaired) electrons. The van der Waals surface area contributed by atoms with Gasteiger partial charge in [-0.25, -0.2) is 4.79 Å². The third-order valence-corrected chi connectivity index (χ3v) is 4.50. The second-order valence-electron chi connectivity index (χ2n) is 6.65. The lowest BCUT2D eigenvalue weighted by Gasteiger charge is -2.17. The molecule has 0 fully saturated rings. The molecular weight excluding hydrogens is 308 g/mol. The van der Waals surface area contributed by atoms with E-state index in [2.05, 4.69) is 24.0 Å². The van der Waals surface area contributed by atoms with Crippen molar-refractivity contribution in [2.45, 2.75) is 59.8 Å². The average Bonchev–Trinajstić information content (AvgIpc) is 2.99. The normalized spacial score (nSPS) is 14.5. The topological polar surface area (TPSA) is 78.0 Å². The van der Waals surface area contributed by atoms with Crippen molar-refractivity contribution in [1.82, 2.24) is 29.0 Å². The quantitative estimate of drug-likeness (QED) is 0.761. The number of hydrogen-bond acceptors (Lipinski definition) is 5. The van der Waals surface area contributed by atoms with Crippen molar-refractivity contribution in [3.8, 4) is 0 Å². The Morgan fingerprint density at radius 2 is 1.75 bits per heavy atom. The van der Waals surface area contributed by atoms with Crippen LogP contribution in [0.25, 0.3) is 11.2 Å². The summed E-state index contributed by atoms with van der Waals surface area (Å²) < 4.78 is 2.89. The van der Waals surface area contributed by atoms with E-state index in [1.165, 1.54) is 9.36 Å². The van der Waals surface area contributed by atoms with Crippen LogP contribution in [-0.2, 0) is 13.1 Å². The first-order valence-corrected chi connectivity index (χ1v) is 8.58. The van der Waals surface area contributed by atoms with Crippen LogP contribution in [0.2, 0.25) is 0 Å². The summed E-state index contributed by atoms with van der Waals surface area (Å²) in [6, 6.07) is 0. The molecule has 2 aromatic rings. The van der Waals surface area contributed by atoms with Crippen LogP contribution in [0, 0.1) is 5.92 Å². The van der Waals surface area contributed by atoms with Crippen LogP contribution < -0.4 is 11.2 Å². The van der Waals surface area contributed by atoms with Gasteiger partial charge < -0.3 is 0 Å². The van der Waals surface area contributed by atoms with Crippen LogP contribution in [0.15, 0.2) is 9.59 Å². The number of fused-ring (bicyclic) bond motifs is 1. The van der Waals surface area contributed by atoms with Gasteiger partial charge in [0.2, 0.25) is 0 Å². The SMILES string of the molecule is CCCn1c(=O)c2nn(C(C)N(C)C)nc2n(CC(C)CC)c1=O. The lowest BCUT2D eigenvalue weighted by molar-refractivity contribution is 0.201. The second kappa shape index (κ2) is 7.29. The number of rotatable bonds is 7. The Balaban J connectivity index is 2.75. The van der Waals surface area contributed by atoms with Crippen LogP contribution in [0.1, 0.15) is 46.7 Å². The fraction of sp³-hybridized carbons (Fsp3) is 0.750. The molecular formula is C16H28N6O2. The van der Waals surface area contributed by atoms with E-state index in [0.29, 0.717) is 31.1 Å². The maximum atomic E-state index is 12.8. The minimum absolute atomic E-state index is 0.108. The van der Waals surface area contributed by atoms with Gasteiger partial charge in [-0.05, 0) is 33.4 Å². The summed E-state index contributed by atoms with van der Waals surface area (Å²) in [6.45, 7) is 8.98. The highest BCUT2D eigenvalue weighted by Crippen LogP contribution is 2.12. The molecule has 2 heterocycles. The fourth-order valence-electron chi connectivity index (χ4n) is 2.48. The van der Waals surface area contributed by atoms with Gasteiger partial charge in [0.1, 0.15) is 6.17 Å². The molecule has 8 nitrogen and oxygen atoms in total. The Morgan fingerprint density at radius 3 is 2.29 bits per heavy atom. The van der Waals surface area contributed by atoms with Gasteiger partial charge >= 0.3 is 5.69 Å². The van der Waals surface area contributed by atoms with Crippen molar-refractivity contribution >= 4 is 11.2 Å². The Kier molecular flexibility index (Phi) is 5.58. The van der Waals surface area contributed by atoms with Crippen LogP contribution >= 0.6 is 0 Å². The summed E-state index contributed by atoms with van der Waals surface area (Å²) in [7, 11) is 3.83. The van der Waals surface area contributed by atoms with Crippen LogP contribution in [0.3, 0.4) is 0 Å². The molecule has 8 heteroatoms. The lowest BCUT2D eigenvalue weighted by Crippen LogP contribution is -2.40. The lowest BCUT2D eigenvalue weighted by atomic mass is 10.1. The molecule has 0 amide bonds. The minimum atomic E-state index is -0.352. The van der Waals surface area contributed by atoms with Crippen molar-refractivity contribution < 1.29 is 0 Å². The molecule has 0 bridgehead atoms. The van der Waals surface area contributed by atoms with E-state index < -0.39 is 0 Å². The average molecular weight is 336 g/mol. The first-order chi connectivity index (χ1) is 11.3. The highest BCUT2D eigenvalue weighted by Gasteiger charge is 2.21. The molecule has 24 heavy (non-hydrogen) atoms. The first kappa shape index (κ1) is 18.4. The molecule has 0 saturated heterocycles. The monoisotopic (exact) mass is 336 g/mol. The van der Waals surface area contributed by atoms with Crippen molar-refractivity contribution in [2.75, 3.05) is 14.1 Å². The largest absolute Gasteiger partial charge is 0.332 e. The third-order valence-electron chi connectivity index (χ3n) is 4.50. The molecule has 0 N–H and O–H groups in total. The third kappa shape index (κ3) is 3.28. The van der Waals surface area contributed by atoms with E-state index in [-0.39, 0.29) is 22.9 Å². The van der Waals surface area contributed by atoms with E-state index in [4.69, 9.17) is 0 Å². The van der Waals surface area contributed by atoms with Gasteiger partial charge in [-0.2, -0.15) is 4.80 Å². The van der Waals surface area contributed by atoms with Crippen LogP contribution in [0.5, 0.6) is 0 Å². The predicted octanol–water partition coefficient (Wildman–Crippen LogP) is 1.29. The van der Waals surface area contributed by atoms with Crippen molar-refractivity contribution in [1.29, 1.82) is 0 Å². The summed E-state index contributed by atoms with van der Waals surface area (Å²) in [5.41, 5.74) is 0.0000647. The van der Waals surface area contributed by atoms with Gasteiger partial charge in [-0.15, -0.1) is 10.2 Å². The number of aromatic nitrogens is 5. The summed E-state index contributed by atoms with van der Waals surface area (Å²) >= 11 is 0. The zero-order chi connectivity index (χ0) is 18.0. The fourth-order valence-corrected chi connectivity index (χ4v) is 2.48. The Hall–Kier alpha value is -1.96. The van der Waals surface area contributed by atoms with Gasteiger partial charge in [-0.3, -0.25) is 18.8 Å². The molecule has 0 aliphatic rings. The highest BCUT2D eigenvalue weighted by atomic mass is 16.2. The van der Waals surface area contributed by atoms with E-state index in [0.717, 1.165) is 6.42 Å². The molecule has 0 saturated carbocycles. The van der Waals surface area contributed by atoms with Crippen LogP contribution in [-0.4, -0.2) is 43.1 Å². The summed E-state index contributed by atoms with van der Waals surface area (Å²) in [5, 5.41) is 8.84. The number of nitrogens with zero attached hydrogens (tertiary/aromatic N) is 6. The first-order valence-electron chi connectivity index (χ1n) is 8.58. The van der Waals surface area contributed by atoms with E-state index in [9.17, 15) is 9.59 Å². The maximum absolute atomic E-state index is 12.8. The standard InChI is InChI=1S/C16H28N6O2/c1-7-9-20-15(23)13-14(18-22(17-13)12(4)19(5)6)21(16(20)24)10-11(3)8-2/h11-12H,7-10H2,1-6H3. The van der Waals surface area contributed by atoms with Gasteiger partial charge in [-0.1, -0.05) is 27.2 Å². The zero-order valence-corrected chi connectivity index (χ0v) is 15.5. The number of hydrogen-bond donors (Lipinski definition) is 0.